The molecule has 0 unspecified atom stereocenters. The third-order valence-corrected chi connectivity index (χ3v) is 4.97. The zero-order valence-corrected chi connectivity index (χ0v) is 16.1. The van der Waals surface area contributed by atoms with Crippen molar-refractivity contribution in [1.82, 2.24) is 9.78 Å². The third kappa shape index (κ3) is 5.17. The second-order valence-corrected chi connectivity index (χ2v) is 7.68. The van der Waals surface area contributed by atoms with Crippen molar-refractivity contribution in [2.24, 2.45) is 5.14 Å². The molecule has 0 saturated heterocycles. The number of nitrogens with zero attached hydrogens (tertiary/aromatic N) is 2. The summed E-state index contributed by atoms with van der Waals surface area (Å²) < 4.78 is 24.4. The van der Waals surface area contributed by atoms with E-state index >= 15 is 0 Å². The predicted octanol–water partition coefficient (Wildman–Crippen LogP) is 2.94. The van der Waals surface area contributed by atoms with E-state index in [1.54, 1.807) is 16.8 Å². The van der Waals surface area contributed by atoms with E-state index in [0.717, 1.165) is 25.1 Å². The van der Waals surface area contributed by atoms with Crippen LogP contribution in [0, 0.1) is 6.92 Å². The van der Waals surface area contributed by atoms with Gasteiger partial charge >= 0.3 is 0 Å². The zero-order valence-electron chi connectivity index (χ0n) is 14.6. The Kier molecular flexibility index (Phi) is 6.57. The molecule has 0 aliphatic heterocycles. The highest BCUT2D eigenvalue weighted by molar-refractivity contribution is 7.89. The fraction of sp³-hybridized carbons (Fsp3) is 0.294. The van der Waals surface area contributed by atoms with Crippen molar-refractivity contribution in [3.8, 4) is 0 Å². The number of sulfonamides is 1. The molecular formula is C17H21ClN4O3S. The number of halogens is 1. The Hall–Kier alpha value is -2.16. The van der Waals surface area contributed by atoms with Gasteiger partial charge in [-0.05, 0) is 37.6 Å². The summed E-state index contributed by atoms with van der Waals surface area (Å²) in [6, 6.07) is 5.72. The third-order valence-electron chi connectivity index (χ3n) is 3.66. The number of nitrogens with two attached hydrogens (primary N) is 1. The number of aryl methyl sites for hydroxylation is 2. The largest absolute Gasteiger partial charge is 0.322 e. The predicted molar refractivity (Wildman–Crippen MR) is 102 cm³/mol. The van der Waals surface area contributed by atoms with Crippen LogP contribution < -0.4 is 10.5 Å². The normalized spacial score (nSPS) is 11.8. The number of anilines is 1. The fourth-order valence-corrected chi connectivity index (χ4v) is 3.19. The van der Waals surface area contributed by atoms with Gasteiger partial charge in [-0.3, -0.25) is 9.48 Å². The lowest BCUT2D eigenvalue weighted by molar-refractivity contribution is -0.111. The number of carbonyl (C=O) groups is 1. The minimum Gasteiger partial charge on any atom is -0.322 e. The van der Waals surface area contributed by atoms with Crippen LogP contribution in [-0.4, -0.2) is 24.1 Å². The first-order valence-electron chi connectivity index (χ1n) is 8.07. The van der Waals surface area contributed by atoms with Crippen molar-refractivity contribution in [2.75, 3.05) is 5.32 Å². The monoisotopic (exact) mass is 396 g/mol. The van der Waals surface area contributed by atoms with Gasteiger partial charge in [-0.15, -0.1) is 0 Å². The van der Waals surface area contributed by atoms with Gasteiger partial charge in [0.05, 0.1) is 10.6 Å². The molecule has 0 fully saturated rings. The second-order valence-electron chi connectivity index (χ2n) is 5.76. The number of rotatable bonds is 7. The minimum absolute atomic E-state index is 0.0737. The quantitative estimate of drug-likeness (QED) is 0.701. The molecule has 0 aliphatic carbocycles. The van der Waals surface area contributed by atoms with E-state index in [-0.39, 0.29) is 4.90 Å². The van der Waals surface area contributed by atoms with Crippen LogP contribution in [-0.2, 0) is 21.4 Å². The average molecular weight is 397 g/mol. The molecule has 0 saturated carbocycles. The van der Waals surface area contributed by atoms with Gasteiger partial charge in [-0.1, -0.05) is 31.0 Å². The van der Waals surface area contributed by atoms with Crippen LogP contribution in [0.4, 0.5) is 5.69 Å². The summed E-state index contributed by atoms with van der Waals surface area (Å²) in [6.07, 6.45) is 4.90. The van der Waals surface area contributed by atoms with Crippen molar-refractivity contribution >= 4 is 39.3 Å². The molecule has 0 bridgehead atoms. The maximum absolute atomic E-state index is 12.1. The van der Waals surface area contributed by atoms with Crippen molar-refractivity contribution < 1.29 is 13.2 Å². The van der Waals surface area contributed by atoms with E-state index in [0.29, 0.717) is 16.4 Å². The lowest BCUT2D eigenvalue weighted by Crippen LogP contribution is -2.13. The number of hydrogen-bond donors (Lipinski definition) is 2. The zero-order chi connectivity index (χ0) is 19.3. The molecule has 1 aromatic carbocycles. The van der Waals surface area contributed by atoms with Crippen molar-refractivity contribution in [3.63, 3.8) is 0 Å². The summed E-state index contributed by atoms with van der Waals surface area (Å²) in [6.45, 7) is 4.62. The van der Waals surface area contributed by atoms with Crippen LogP contribution in [0.5, 0.6) is 0 Å². The van der Waals surface area contributed by atoms with Crippen molar-refractivity contribution in [2.45, 2.75) is 38.1 Å². The van der Waals surface area contributed by atoms with E-state index in [1.165, 1.54) is 24.3 Å². The molecule has 7 nitrogen and oxygen atoms in total. The summed E-state index contributed by atoms with van der Waals surface area (Å²) in [4.78, 5) is 12.0. The maximum Gasteiger partial charge on any atom is 0.248 e. The van der Waals surface area contributed by atoms with Gasteiger partial charge in [0.1, 0.15) is 5.15 Å². The molecule has 2 aromatic rings. The van der Waals surface area contributed by atoms with E-state index in [9.17, 15) is 13.2 Å². The standard InChI is InChI=1S/C17H21ClN4O3S/c1-3-4-10-22-17(18)15(12(2)21-22)8-9-16(23)20-13-6-5-7-14(11-13)26(19,24)25/h5-9,11H,3-4,10H2,1-2H3,(H,20,23)(H2,19,24,25)/b9-8+. The summed E-state index contributed by atoms with van der Waals surface area (Å²) in [5.74, 6) is -0.423. The minimum atomic E-state index is -3.83. The SMILES string of the molecule is CCCCn1nc(C)c(/C=C/C(=O)Nc2cccc(S(N)(=O)=O)c2)c1Cl. The van der Waals surface area contributed by atoms with Crippen molar-refractivity contribution in [1.29, 1.82) is 0 Å². The molecule has 0 atom stereocenters. The maximum atomic E-state index is 12.1. The first-order valence-corrected chi connectivity index (χ1v) is 9.99. The number of nitrogens with one attached hydrogen (secondary N) is 1. The van der Waals surface area contributed by atoms with Gasteiger partial charge in [0, 0.05) is 23.9 Å². The van der Waals surface area contributed by atoms with Gasteiger partial charge in [0.2, 0.25) is 15.9 Å². The fourth-order valence-electron chi connectivity index (χ4n) is 2.31. The van der Waals surface area contributed by atoms with Gasteiger partial charge in [0.15, 0.2) is 0 Å². The molecule has 140 valence electrons. The number of hydrogen-bond acceptors (Lipinski definition) is 4. The van der Waals surface area contributed by atoms with Crippen LogP contribution in [0.2, 0.25) is 5.15 Å². The summed E-state index contributed by atoms with van der Waals surface area (Å²) in [5.41, 5.74) is 1.73. The Morgan fingerprint density at radius 2 is 2.15 bits per heavy atom. The first kappa shape index (κ1) is 20.2. The molecule has 0 radical (unpaired) electrons. The number of amides is 1. The first-order chi connectivity index (χ1) is 12.2. The van der Waals surface area contributed by atoms with Crippen LogP contribution in [0.15, 0.2) is 35.2 Å². The van der Waals surface area contributed by atoms with E-state index in [4.69, 9.17) is 16.7 Å². The molecule has 9 heteroatoms. The molecule has 3 N–H and O–H groups in total. The number of benzene rings is 1. The highest BCUT2D eigenvalue weighted by Gasteiger charge is 2.12. The Labute approximate surface area is 157 Å². The van der Waals surface area contributed by atoms with Crippen LogP contribution in [0.3, 0.4) is 0 Å². The second kappa shape index (κ2) is 8.48. The number of carbonyl (C=O) groups excluding carboxylic acids is 1. The smallest absolute Gasteiger partial charge is 0.248 e. The molecule has 0 aliphatic rings. The lowest BCUT2D eigenvalue weighted by atomic mass is 10.2. The topological polar surface area (TPSA) is 107 Å². The van der Waals surface area contributed by atoms with Gasteiger partial charge in [-0.2, -0.15) is 5.10 Å². The lowest BCUT2D eigenvalue weighted by Gasteiger charge is -2.04. The van der Waals surface area contributed by atoms with Gasteiger partial charge in [-0.25, -0.2) is 13.6 Å². The molecule has 1 aromatic heterocycles. The van der Waals surface area contributed by atoms with Crippen LogP contribution in [0.25, 0.3) is 6.08 Å². The molecule has 1 amide bonds. The molecule has 0 spiro atoms. The number of aromatic nitrogens is 2. The highest BCUT2D eigenvalue weighted by atomic mass is 35.5. The Bertz CT molecular complexity index is 935. The average Bonchev–Trinajstić information content (AvgIpc) is 2.84. The Morgan fingerprint density at radius 1 is 1.42 bits per heavy atom. The van der Waals surface area contributed by atoms with Gasteiger partial charge < -0.3 is 5.32 Å². The highest BCUT2D eigenvalue weighted by Crippen LogP contribution is 2.22. The Morgan fingerprint density at radius 3 is 2.81 bits per heavy atom. The van der Waals surface area contributed by atoms with Crippen molar-refractivity contribution in [3.05, 3.63) is 46.8 Å². The van der Waals surface area contributed by atoms with Crippen LogP contribution in [0.1, 0.15) is 31.0 Å². The molecular weight excluding hydrogens is 376 g/mol. The summed E-state index contributed by atoms with van der Waals surface area (Å²) >= 11 is 6.32. The summed E-state index contributed by atoms with van der Waals surface area (Å²) in [5, 5.41) is 12.5. The summed E-state index contributed by atoms with van der Waals surface area (Å²) in [7, 11) is -3.83. The Balaban J connectivity index is 2.12. The molecule has 26 heavy (non-hydrogen) atoms. The van der Waals surface area contributed by atoms with E-state index in [2.05, 4.69) is 17.3 Å². The van der Waals surface area contributed by atoms with Crippen LogP contribution >= 0.6 is 11.6 Å². The molecule has 1 heterocycles. The van der Waals surface area contributed by atoms with E-state index in [1.807, 2.05) is 6.92 Å². The number of primary sulfonamides is 1. The number of unbranched alkanes of at least 4 members (excludes halogenated alkanes) is 1. The van der Waals surface area contributed by atoms with E-state index < -0.39 is 15.9 Å². The van der Waals surface area contributed by atoms with Gasteiger partial charge in [0.25, 0.3) is 0 Å². The molecule has 2 rings (SSSR count).